The van der Waals surface area contributed by atoms with Crippen LogP contribution in [0, 0.1) is 23.2 Å². The molecule has 0 aromatic rings. The summed E-state index contributed by atoms with van der Waals surface area (Å²) in [6.45, 7) is 11.3. The van der Waals surface area contributed by atoms with Crippen LogP contribution in [0.15, 0.2) is 0 Å². The van der Waals surface area contributed by atoms with E-state index in [9.17, 15) is 14.4 Å². The predicted molar refractivity (Wildman–Crippen MR) is 107 cm³/mol. The van der Waals surface area contributed by atoms with Gasteiger partial charge in [0.2, 0.25) is 7.85 Å². The van der Waals surface area contributed by atoms with Crippen LogP contribution in [0.3, 0.4) is 0 Å². The number of aldehydes is 2. The first-order valence-electron chi connectivity index (χ1n) is 10.1. The van der Waals surface area contributed by atoms with E-state index in [2.05, 4.69) is 33.9 Å². The van der Waals surface area contributed by atoms with E-state index in [-0.39, 0.29) is 40.3 Å². The Hall–Kier alpha value is -0.948. The minimum absolute atomic E-state index is 0.0324. The lowest BCUT2D eigenvalue weighted by Gasteiger charge is -2.40. The molecule has 3 aliphatic rings. The molecular formula is C20H32BNO4Si. The molecule has 3 rings (SSSR count). The Balaban J connectivity index is 1.98. The van der Waals surface area contributed by atoms with Gasteiger partial charge in [0.05, 0.1) is 12.6 Å². The average Bonchev–Trinajstić information content (AvgIpc) is 3.18. The molecule has 3 fully saturated rings. The van der Waals surface area contributed by atoms with Crippen LogP contribution in [0.1, 0.15) is 46.5 Å². The zero-order valence-electron chi connectivity index (χ0n) is 17.2. The smallest absolute Gasteiger partial charge is 0.200 e. The summed E-state index contributed by atoms with van der Waals surface area (Å²) in [6, 6.07) is -0.268. The van der Waals surface area contributed by atoms with E-state index in [0.29, 0.717) is 13.0 Å². The molecule has 6 atom stereocenters. The highest BCUT2D eigenvalue weighted by Crippen LogP contribution is 2.66. The standard InChI is InChI=1S/C20H32BNO4Si/c1-19(2,3)27(4,5)26-12-15-17-13(10-23)9-14(11-24)20(17)8-6-7-16(20)22(15)18(21)25/h10-11,13-17H,6-9,12H2,1-5H3/t13?,14?,15-,16?,17?,20?/m1/s1. The van der Waals surface area contributed by atoms with Gasteiger partial charge in [-0.2, -0.15) is 0 Å². The fourth-order valence-electron chi connectivity index (χ4n) is 5.94. The van der Waals surface area contributed by atoms with Gasteiger partial charge >= 0.3 is 0 Å². The third kappa shape index (κ3) is 2.96. The molecule has 1 heterocycles. The second-order valence-electron chi connectivity index (χ2n) is 10.2. The van der Waals surface area contributed by atoms with E-state index >= 15 is 0 Å². The first kappa shape index (κ1) is 20.8. The van der Waals surface area contributed by atoms with Gasteiger partial charge in [-0.05, 0) is 43.3 Å². The third-order valence-electron chi connectivity index (χ3n) is 8.13. The van der Waals surface area contributed by atoms with Crippen LogP contribution in [0.25, 0.3) is 0 Å². The summed E-state index contributed by atoms with van der Waals surface area (Å²) in [6.07, 6.45) is 5.32. The van der Waals surface area contributed by atoms with Gasteiger partial charge in [-0.3, -0.25) is 4.79 Å². The highest BCUT2D eigenvalue weighted by molar-refractivity contribution is 6.74. The maximum Gasteiger partial charge on any atom is 0.200 e. The first-order chi connectivity index (χ1) is 12.5. The maximum atomic E-state index is 12.4. The van der Waals surface area contributed by atoms with Crippen molar-refractivity contribution in [2.75, 3.05) is 6.61 Å². The number of hydrogen-bond acceptors (Lipinski definition) is 4. The van der Waals surface area contributed by atoms with Crippen molar-refractivity contribution in [1.29, 1.82) is 0 Å². The number of carbonyl (C=O) groups is 3. The molecule has 0 N–H and O–H groups in total. The lowest BCUT2D eigenvalue weighted by atomic mass is 9.69. The van der Waals surface area contributed by atoms with Crippen LogP contribution in [-0.2, 0) is 14.0 Å². The van der Waals surface area contributed by atoms with E-state index in [0.717, 1.165) is 31.8 Å². The summed E-state index contributed by atoms with van der Waals surface area (Å²) < 4.78 is 6.48. The van der Waals surface area contributed by atoms with E-state index in [4.69, 9.17) is 12.3 Å². The highest BCUT2D eigenvalue weighted by atomic mass is 28.4. The quantitative estimate of drug-likeness (QED) is 0.535. The zero-order chi connectivity index (χ0) is 20.2. The first-order valence-corrected chi connectivity index (χ1v) is 13.0. The van der Waals surface area contributed by atoms with Crippen molar-refractivity contribution < 1.29 is 18.8 Å². The molecule has 2 saturated carbocycles. The normalized spacial score (nSPS) is 38.6. The fraction of sp³-hybridized carbons (Fsp3) is 0.850. The van der Waals surface area contributed by atoms with E-state index < -0.39 is 14.1 Å². The molecule has 1 saturated heterocycles. The van der Waals surface area contributed by atoms with E-state index in [1.54, 1.807) is 4.90 Å². The Bertz CT molecular complexity index is 634. The van der Waals surface area contributed by atoms with Gasteiger partial charge in [0.1, 0.15) is 12.6 Å². The van der Waals surface area contributed by atoms with E-state index in [1.807, 2.05) is 0 Å². The Labute approximate surface area is 165 Å². The van der Waals surface area contributed by atoms with Crippen molar-refractivity contribution in [2.45, 2.75) is 76.7 Å². The molecule has 2 aliphatic carbocycles. The Morgan fingerprint density at radius 2 is 1.96 bits per heavy atom. The van der Waals surface area contributed by atoms with Crippen molar-refractivity contribution in [3.05, 3.63) is 0 Å². The third-order valence-corrected chi connectivity index (χ3v) is 12.6. The van der Waals surface area contributed by atoms with Crippen LogP contribution in [-0.4, -0.2) is 58.1 Å². The second-order valence-corrected chi connectivity index (χ2v) is 15.0. The van der Waals surface area contributed by atoms with Crippen LogP contribution < -0.4 is 0 Å². The lowest BCUT2D eigenvalue weighted by Crippen LogP contribution is -2.49. The molecule has 1 amide bonds. The summed E-state index contributed by atoms with van der Waals surface area (Å²) in [7, 11) is 3.80. The second kappa shape index (κ2) is 6.83. The topological polar surface area (TPSA) is 63.7 Å². The number of amides is 1. The summed E-state index contributed by atoms with van der Waals surface area (Å²) in [5, 5.41) is 0.0573. The molecule has 5 unspecified atom stereocenters. The van der Waals surface area contributed by atoms with Gasteiger partial charge in [0.15, 0.2) is 14.1 Å². The maximum absolute atomic E-state index is 12.4. The average molecular weight is 389 g/mol. The molecule has 0 aromatic heterocycles. The summed E-state index contributed by atoms with van der Waals surface area (Å²) in [5.41, 5.74) is -0.302. The lowest BCUT2D eigenvalue weighted by molar-refractivity contribution is -0.114. The summed E-state index contributed by atoms with van der Waals surface area (Å²) >= 11 is 0. The predicted octanol–water partition coefficient (Wildman–Crippen LogP) is 3.17. The highest BCUT2D eigenvalue weighted by Gasteiger charge is 2.69. The SMILES string of the molecule is [B]C(=O)N1C2CCCC23C(C=O)CC(C=O)C3[C@H]1CO[Si](C)(C)C(C)(C)C. The van der Waals surface area contributed by atoms with Gasteiger partial charge in [0.25, 0.3) is 0 Å². The molecular weight excluding hydrogens is 357 g/mol. The largest absolute Gasteiger partial charge is 0.415 e. The number of carbonyl (C=O) groups excluding carboxylic acids is 3. The fourth-order valence-corrected chi connectivity index (χ4v) is 6.96. The van der Waals surface area contributed by atoms with Gasteiger partial charge < -0.3 is 18.9 Å². The van der Waals surface area contributed by atoms with Crippen molar-refractivity contribution in [1.82, 2.24) is 4.90 Å². The zero-order valence-corrected chi connectivity index (χ0v) is 18.2. The number of likely N-dealkylation sites (tertiary alicyclic amines) is 1. The van der Waals surface area contributed by atoms with Crippen LogP contribution in [0.2, 0.25) is 18.1 Å². The molecule has 148 valence electrons. The minimum Gasteiger partial charge on any atom is -0.415 e. The Morgan fingerprint density at radius 1 is 1.30 bits per heavy atom. The van der Waals surface area contributed by atoms with E-state index in [1.165, 1.54) is 0 Å². The van der Waals surface area contributed by atoms with Crippen LogP contribution in [0.4, 0.5) is 4.79 Å². The molecule has 1 spiro atoms. The summed E-state index contributed by atoms with van der Waals surface area (Å²) in [5.74, 6) is -0.869. The van der Waals surface area contributed by atoms with Crippen molar-refractivity contribution in [3.63, 3.8) is 0 Å². The summed E-state index contributed by atoms with van der Waals surface area (Å²) in [4.78, 5) is 38.0. The van der Waals surface area contributed by atoms with Crippen LogP contribution >= 0.6 is 0 Å². The minimum atomic E-state index is -2.01. The van der Waals surface area contributed by atoms with Gasteiger partial charge in [-0.15, -0.1) is 0 Å². The number of rotatable bonds is 5. The van der Waals surface area contributed by atoms with Gasteiger partial charge in [0, 0.05) is 23.3 Å². The van der Waals surface area contributed by atoms with Gasteiger partial charge in [-0.1, -0.05) is 27.2 Å². The van der Waals surface area contributed by atoms with Crippen molar-refractivity contribution in [3.8, 4) is 0 Å². The van der Waals surface area contributed by atoms with Crippen LogP contribution in [0.5, 0.6) is 0 Å². The number of hydrogen-bond donors (Lipinski definition) is 0. The monoisotopic (exact) mass is 389 g/mol. The molecule has 0 bridgehead atoms. The molecule has 0 aromatic carbocycles. The molecule has 27 heavy (non-hydrogen) atoms. The molecule has 7 heteroatoms. The van der Waals surface area contributed by atoms with Crippen molar-refractivity contribution in [2.24, 2.45) is 23.2 Å². The van der Waals surface area contributed by atoms with Crippen molar-refractivity contribution >= 4 is 34.5 Å². The molecule has 1 aliphatic heterocycles. The Kier molecular flexibility index (Phi) is 5.26. The molecule has 2 radical (unpaired) electrons. The Morgan fingerprint density at radius 3 is 2.48 bits per heavy atom. The number of nitrogens with zero attached hydrogens (tertiary/aromatic N) is 1. The van der Waals surface area contributed by atoms with Gasteiger partial charge in [-0.25, -0.2) is 0 Å². The molecule has 5 nitrogen and oxygen atoms in total.